The SMILES string of the molecule is Nc1c(Cl)cccc1-c1nc(C2CC2)no1. The molecule has 1 fully saturated rings. The van der Waals surface area contributed by atoms with Crippen molar-refractivity contribution < 1.29 is 4.52 Å². The van der Waals surface area contributed by atoms with Gasteiger partial charge in [-0.2, -0.15) is 4.98 Å². The third-order valence-corrected chi connectivity index (χ3v) is 3.00. The summed E-state index contributed by atoms with van der Waals surface area (Å²) in [7, 11) is 0. The van der Waals surface area contributed by atoms with E-state index in [9.17, 15) is 0 Å². The average Bonchev–Trinajstić information content (AvgIpc) is 3.02. The van der Waals surface area contributed by atoms with Crippen molar-refractivity contribution in [3.8, 4) is 11.5 Å². The van der Waals surface area contributed by atoms with Crippen LogP contribution in [-0.2, 0) is 0 Å². The van der Waals surface area contributed by atoms with Crippen molar-refractivity contribution in [2.45, 2.75) is 18.8 Å². The van der Waals surface area contributed by atoms with Crippen molar-refractivity contribution in [3.63, 3.8) is 0 Å². The van der Waals surface area contributed by atoms with Gasteiger partial charge in [0.25, 0.3) is 5.89 Å². The first-order chi connectivity index (χ1) is 7.75. The lowest BCUT2D eigenvalue weighted by molar-refractivity contribution is 0.423. The Hall–Kier alpha value is -1.55. The number of halogens is 1. The summed E-state index contributed by atoms with van der Waals surface area (Å²) in [6, 6.07) is 5.37. The molecule has 0 aliphatic heterocycles. The Kier molecular flexibility index (Phi) is 2.11. The number of nitrogen functional groups attached to an aromatic ring is 1. The van der Waals surface area contributed by atoms with Gasteiger partial charge in [0.15, 0.2) is 5.82 Å². The molecule has 82 valence electrons. The quantitative estimate of drug-likeness (QED) is 0.813. The molecule has 0 unspecified atom stereocenters. The normalized spacial score (nSPS) is 15.3. The molecule has 1 heterocycles. The summed E-state index contributed by atoms with van der Waals surface area (Å²) in [6.07, 6.45) is 2.29. The molecule has 0 bridgehead atoms. The van der Waals surface area contributed by atoms with E-state index in [4.69, 9.17) is 21.9 Å². The second-order valence-electron chi connectivity index (χ2n) is 3.93. The summed E-state index contributed by atoms with van der Waals surface area (Å²) in [5.41, 5.74) is 7.04. The van der Waals surface area contributed by atoms with Crippen LogP contribution >= 0.6 is 11.6 Å². The Bertz CT molecular complexity index is 534. The Morgan fingerprint density at radius 1 is 1.38 bits per heavy atom. The van der Waals surface area contributed by atoms with Gasteiger partial charge in [-0.3, -0.25) is 0 Å². The van der Waals surface area contributed by atoms with Crippen LogP contribution in [0.15, 0.2) is 22.7 Å². The number of rotatable bonds is 2. The lowest BCUT2D eigenvalue weighted by Crippen LogP contribution is -1.91. The number of hydrogen-bond donors (Lipinski definition) is 1. The second kappa shape index (κ2) is 3.49. The van der Waals surface area contributed by atoms with Gasteiger partial charge in [0.1, 0.15) is 0 Å². The van der Waals surface area contributed by atoms with Crippen molar-refractivity contribution in [1.29, 1.82) is 0 Å². The van der Waals surface area contributed by atoms with Crippen LogP contribution < -0.4 is 5.73 Å². The molecular weight excluding hydrogens is 226 g/mol. The molecule has 3 rings (SSSR count). The molecule has 0 radical (unpaired) electrons. The zero-order chi connectivity index (χ0) is 11.1. The average molecular weight is 236 g/mol. The van der Waals surface area contributed by atoms with Gasteiger partial charge in [-0.25, -0.2) is 0 Å². The lowest BCUT2D eigenvalue weighted by Gasteiger charge is -2.01. The van der Waals surface area contributed by atoms with Crippen LogP contribution in [-0.4, -0.2) is 10.1 Å². The van der Waals surface area contributed by atoms with Crippen LogP contribution in [0.3, 0.4) is 0 Å². The van der Waals surface area contributed by atoms with E-state index >= 15 is 0 Å². The van der Waals surface area contributed by atoms with Crippen LogP contribution in [0, 0.1) is 0 Å². The summed E-state index contributed by atoms with van der Waals surface area (Å²) in [5.74, 6) is 1.69. The zero-order valence-corrected chi connectivity index (χ0v) is 9.24. The lowest BCUT2D eigenvalue weighted by atomic mass is 10.2. The highest BCUT2D eigenvalue weighted by Gasteiger charge is 2.29. The molecule has 1 saturated carbocycles. The van der Waals surface area contributed by atoms with Crippen molar-refractivity contribution in [2.75, 3.05) is 5.73 Å². The summed E-state index contributed by atoms with van der Waals surface area (Å²) >= 11 is 5.93. The number of aromatic nitrogens is 2. The van der Waals surface area contributed by atoms with Crippen molar-refractivity contribution in [2.24, 2.45) is 0 Å². The maximum atomic E-state index is 5.93. The molecule has 0 atom stereocenters. The van der Waals surface area contributed by atoms with Crippen LogP contribution in [0.4, 0.5) is 5.69 Å². The molecule has 2 aromatic rings. The van der Waals surface area contributed by atoms with E-state index in [-0.39, 0.29) is 0 Å². The summed E-state index contributed by atoms with van der Waals surface area (Å²) in [5, 5.41) is 4.44. The predicted molar refractivity (Wildman–Crippen MR) is 61.1 cm³/mol. The van der Waals surface area contributed by atoms with Gasteiger partial charge < -0.3 is 10.3 Å². The van der Waals surface area contributed by atoms with Crippen molar-refractivity contribution >= 4 is 17.3 Å². The smallest absolute Gasteiger partial charge is 0.260 e. The molecule has 1 aliphatic rings. The van der Waals surface area contributed by atoms with Gasteiger partial charge in [-0.1, -0.05) is 22.8 Å². The second-order valence-corrected chi connectivity index (χ2v) is 4.34. The van der Waals surface area contributed by atoms with Gasteiger partial charge in [-0.05, 0) is 25.0 Å². The predicted octanol–water partition coefficient (Wildman–Crippen LogP) is 2.85. The van der Waals surface area contributed by atoms with Gasteiger partial charge in [0.05, 0.1) is 16.3 Å². The van der Waals surface area contributed by atoms with Gasteiger partial charge in [0, 0.05) is 5.92 Å². The van der Waals surface area contributed by atoms with E-state index < -0.39 is 0 Å². The van der Waals surface area contributed by atoms with Gasteiger partial charge in [-0.15, -0.1) is 0 Å². The molecule has 4 nitrogen and oxygen atoms in total. The van der Waals surface area contributed by atoms with Gasteiger partial charge >= 0.3 is 0 Å². The number of para-hydroxylation sites is 1. The Morgan fingerprint density at radius 3 is 2.94 bits per heavy atom. The highest BCUT2D eigenvalue weighted by atomic mass is 35.5. The Morgan fingerprint density at radius 2 is 2.19 bits per heavy atom. The minimum atomic E-state index is 0.446. The van der Waals surface area contributed by atoms with Crippen LogP contribution in [0.1, 0.15) is 24.6 Å². The molecule has 1 aliphatic carbocycles. The topological polar surface area (TPSA) is 64.9 Å². The van der Waals surface area contributed by atoms with Crippen LogP contribution in [0.2, 0.25) is 5.02 Å². The molecular formula is C11H10ClN3O. The highest BCUT2D eigenvalue weighted by molar-refractivity contribution is 6.33. The molecule has 16 heavy (non-hydrogen) atoms. The highest BCUT2D eigenvalue weighted by Crippen LogP contribution is 2.39. The van der Waals surface area contributed by atoms with E-state index in [0.717, 1.165) is 18.7 Å². The van der Waals surface area contributed by atoms with Crippen molar-refractivity contribution in [1.82, 2.24) is 10.1 Å². The van der Waals surface area contributed by atoms with E-state index in [2.05, 4.69) is 10.1 Å². The summed E-state index contributed by atoms with van der Waals surface area (Å²) in [6.45, 7) is 0. The van der Waals surface area contributed by atoms with Crippen molar-refractivity contribution in [3.05, 3.63) is 29.0 Å². The summed E-state index contributed by atoms with van der Waals surface area (Å²) < 4.78 is 5.19. The fourth-order valence-electron chi connectivity index (χ4n) is 1.58. The standard InChI is InChI=1S/C11H10ClN3O/c12-8-3-1-2-7(9(8)13)11-14-10(15-16-11)6-4-5-6/h1-3,6H,4-5,13H2. The maximum absolute atomic E-state index is 5.93. The number of nitrogens with zero attached hydrogens (tertiary/aromatic N) is 2. The number of benzene rings is 1. The summed E-state index contributed by atoms with van der Waals surface area (Å²) in [4.78, 5) is 4.33. The first kappa shape index (κ1) is 9.66. The molecule has 1 aromatic carbocycles. The maximum Gasteiger partial charge on any atom is 0.260 e. The zero-order valence-electron chi connectivity index (χ0n) is 8.48. The molecule has 5 heteroatoms. The molecule has 0 spiro atoms. The molecule has 2 N–H and O–H groups in total. The minimum absolute atomic E-state index is 0.446. The molecule has 0 amide bonds. The monoisotopic (exact) mass is 235 g/mol. The van der Waals surface area contributed by atoms with E-state index in [0.29, 0.717) is 28.1 Å². The largest absolute Gasteiger partial charge is 0.397 e. The van der Waals surface area contributed by atoms with Gasteiger partial charge in [0.2, 0.25) is 0 Å². The van der Waals surface area contributed by atoms with E-state index in [1.807, 2.05) is 12.1 Å². The first-order valence-electron chi connectivity index (χ1n) is 5.13. The Balaban J connectivity index is 2.03. The molecule has 0 saturated heterocycles. The third-order valence-electron chi connectivity index (χ3n) is 2.67. The van der Waals surface area contributed by atoms with Crippen LogP contribution in [0.5, 0.6) is 0 Å². The molecule has 1 aromatic heterocycles. The van der Waals surface area contributed by atoms with E-state index in [1.54, 1.807) is 6.07 Å². The number of nitrogens with two attached hydrogens (primary N) is 1. The third kappa shape index (κ3) is 1.55. The fraction of sp³-hybridized carbons (Fsp3) is 0.273. The minimum Gasteiger partial charge on any atom is -0.397 e. The Labute approximate surface area is 97.4 Å². The number of anilines is 1. The fourth-order valence-corrected chi connectivity index (χ4v) is 1.75. The van der Waals surface area contributed by atoms with Crippen LogP contribution in [0.25, 0.3) is 11.5 Å². The van der Waals surface area contributed by atoms with E-state index in [1.165, 1.54) is 0 Å². The number of hydrogen-bond acceptors (Lipinski definition) is 4. The first-order valence-corrected chi connectivity index (χ1v) is 5.51.